The fourth-order valence-corrected chi connectivity index (χ4v) is 8.79. The lowest BCUT2D eigenvalue weighted by atomic mass is 9.88. The minimum Gasteiger partial charge on any atom is -0.491 e. The first-order chi connectivity index (χ1) is 19.6. The summed E-state index contributed by atoms with van der Waals surface area (Å²) in [7, 11) is -7.10. The Morgan fingerprint density at radius 3 is 2.71 bits per heavy atom. The molecule has 0 bridgehead atoms. The van der Waals surface area contributed by atoms with E-state index in [1.807, 2.05) is 0 Å². The average molecular weight is 607 g/mol. The topological polar surface area (TPSA) is 164 Å². The molecule has 2 aromatic rings. The zero-order valence-corrected chi connectivity index (χ0v) is 24.1. The molecule has 4 aliphatic rings. The van der Waals surface area contributed by atoms with Gasteiger partial charge in [-0.1, -0.05) is 6.07 Å². The number of aliphatic hydroxyl groups is 1. The number of nitrogens with one attached hydrogen (secondary N) is 2. The van der Waals surface area contributed by atoms with Crippen LogP contribution in [0.2, 0.25) is 0 Å². The van der Waals surface area contributed by atoms with Crippen LogP contribution < -0.4 is 15.4 Å². The summed E-state index contributed by atoms with van der Waals surface area (Å²) in [6.45, 7) is 1.62. The Morgan fingerprint density at radius 2 is 1.95 bits per heavy atom. The van der Waals surface area contributed by atoms with E-state index < -0.39 is 31.6 Å². The summed E-state index contributed by atoms with van der Waals surface area (Å²) >= 11 is 0. The van der Waals surface area contributed by atoms with E-state index in [-0.39, 0.29) is 40.1 Å². The van der Waals surface area contributed by atoms with E-state index in [1.54, 1.807) is 18.2 Å². The third-order valence-corrected chi connectivity index (χ3v) is 12.4. The maximum absolute atomic E-state index is 13.2. The van der Waals surface area contributed by atoms with Crippen LogP contribution in [0, 0.1) is 0 Å². The van der Waals surface area contributed by atoms with Gasteiger partial charge >= 0.3 is 0 Å². The maximum Gasteiger partial charge on any atom is 0.253 e. The zero-order chi connectivity index (χ0) is 28.8. The van der Waals surface area contributed by atoms with Crippen molar-refractivity contribution in [3.05, 3.63) is 47.8 Å². The van der Waals surface area contributed by atoms with Gasteiger partial charge < -0.3 is 25.2 Å². The standard InChI is InChI=1S/C27H34N4O8S2/c32-19(17-38-20-2-1-3-22(10-20)40(34,35)21-4-5-21)13-28-18-12-27(39-16-18)6-8-31(9-7-27)41(36,37)23-11-24-25(29-14-23)15-30-26(24)33/h1-3,10-11,14,18-19,21,28,32H,4-9,12-13,15-17H2,(H,30,33). The van der Waals surface area contributed by atoms with E-state index in [4.69, 9.17) is 9.47 Å². The van der Waals surface area contributed by atoms with Crippen molar-refractivity contribution in [1.29, 1.82) is 0 Å². The molecule has 12 nitrogen and oxygen atoms in total. The summed E-state index contributed by atoms with van der Waals surface area (Å²) in [5, 5.41) is 16.1. The van der Waals surface area contributed by atoms with Crippen LogP contribution in [0.5, 0.6) is 5.75 Å². The molecule has 2 atom stereocenters. The predicted octanol–water partition coefficient (Wildman–Crippen LogP) is 0.603. The molecule has 14 heteroatoms. The lowest BCUT2D eigenvalue weighted by Crippen LogP contribution is -2.47. The number of benzene rings is 1. The number of pyridine rings is 1. The number of carbonyl (C=O) groups excluding carboxylic acids is 1. The molecule has 1 aliphatic carbocycles. The van der Waals surface area contributed by atoms with Crippen molar-refractivity contribution < 1.29 is 36.2 Å². The zero-order valence-electron chi connectivity index (χ0n) is 22.5. The van der Waals surface area contributed by atoms with Crippen LogP contribution in [0.3, 0.4) is 0 Å². The van der Waals surface area contributed by atoms with Crippen LogP contribution in [0.15, 0.2) is 46.3 Å². The maximum atomic E-state index is 13.2. The number of hydrogen-bond acceptors (Lipinski definition) is 10. The van der Waals surface area contributed by atoms with Gasteiger partial charge in [0.25, 0.3) is 5.91 Å². The highest BCUT2D eigenvalue weighted by molar-refractivity contribution is 7.92. The van der Waals surface area contributed by atoms with Crippen molar-refractivity contribution in [3.63, 3.8) is 0 Å². The molecule has 3 aliphatic heterocycles. The van der Waals surface area contributed by atoms with Crippen molar-refractivity contribution in [2.45, 2.75) is 71.4 Å². The van der Waals surface area contributed by atoms with E-state index >= 15 is 0 Å². The Labute approximate surface area is 239 Å². The number of sulfonamides is 1. The summed E-state index contributed by atoms with van der Waals surface area (Å²) in [6.07, 6.45) is 3.64. The fraction of sp³-hybridized carbons (Fsp3) is 0.556. The van der Waals surface area contributed by atoms with E-state index in [0.717, 1.165) is 0 Å². The average Bonchev–Trinajstić information content (AvgIpc) is 3.68. The van der Waals surface area contributed by atoms with Gasteiger partial charge in [-0.3, -0.25) is 9.78 Å². The van der Waals surface area contributed by atoms with Gasteiger partial charge in [0.1, 0.15) is 23.4 Å². The second-order valence-corrected chi connectivity index (χ2v) is 15.4. The first kappa shape index (κ1) is 28.5. The molecule has 2 saturated heterocycles. The van der Waals surface area contributed by atoms with Gasteiger partial charge in [-0.2, -0.15) is 4.31 Å². The summed E-state index contributed by atoms with van der Waals surface area (Å²) in [5.74, 6) is 0.0832. The minimum atomic E-state index is -3.79. The molecular formula is C27H34N4O8S2. The summed E-state index contributed by atoms with van der Waals surface area (Å²) in [4.78, 5) is 16.4. The number of ether oxygens (including phenoxy) is 2. The van der Waals surface area contributed by atoms with Crippen molar-refractivity contribution in [1.82, 2.24) is 19.9 Å². The second-order valence-electron chi connectivity index (χ2n) is 11.2. The molecule has 1 aromatic heterocycles. The number of amides is 1. The number of carbonyl (C=O) groups is 1. The summed E-state index contributed by atoms with van der Waals surface area (Å²) in [6, 6.07) is 7.79. The third kappa shape index (κ3) is 5.86. The lowest BCUT2D eigenvalue weighted by molar-refractivity contribution is -0.0312. The van der Waals surface area contributed by atoms with E-state index in [1.165, 1.54) is 22.6 Å². The summed E-state index contributed by atoms with van der Waals surface area (Å²) < 4.78 is 64.6. The van der Waals surface area contributed by atoms with Gasteiger partial charge in [-0.05, 0) is 56.4 Å². The Balaban J connectivity index is 0.966. The first-order valence-electron chi connectivity index (χ1n) is 13.9. The molecule has 1 amide bonds. The van der Waals surface area contributed by atoms with Crippen LogP contribution in [0.1, 0.15) is 48.2 Å². The highest BCUT2D eigenvalue weighted by Gasteiger charge is 2.45. The smallest absolute Gasteiger partial charge is 0.253 e. The molecule has 1 aromatic carbocycles. The van der Waals surface area contributed by atoms with Crippen LogP contribution in [0.4, 0.5) is 0 Å². The number of aromatic nitrogens is 1. The van der Waals surface area contributed by atoms with Crippen LogP contribution in [0.25, 0.3) is 0 Å². The van der Waals surface area contributed by atoms with Gasteiger partial charge in [0.2, 0.25) is 10.0 Å². The van der Waals surface area contributed by atoms with Gasteiger partial charge in [-0.15, -0.1) is 0 Å². The Bertz CT molecular complexity index is 1540. The molecule has 222 valence electrons. The van der Waals surface area contributed by atoms with E-state index in [2.05, 4.69) is 15.6 Å². The molecule has 6 rings (SSSR count). The van der Waals surface area contributed by atoms with Crippen molar-refractivity contribution >= 4 is 25.8 Å². The number of rotatable bonds is 10. The highest BCUT2D eigenvalue weighted by atomic mass is 32.2. The number of piperidine rings is 1. The molecule has 4 heterocycles. The molecule has 1 saturated carbocycles. The van der Waals surface area contributed by atoms with Crippen molar-refractivity contribution in [2.24, 2.45) is 0 Å². The second kappa shape index (κ2) is 10.9. The van der Waals surface area contributed by atoms with Crippen molar-refractivity contribution in [2.75, 3.05) is 32.8 Å². The minimum absolute atomic E-state index is 0.000701. The molecule has 3 fully saturated rings. The highest BCUT2D eigenvalue weighted by Crippen LogP contribution is 2.38. The number of aliphatic hydroxyl groups excluding tert-OH is 1. The molecular weight excluding hydrogens is 572 g/mol. The van der Waals surface area contributed by atoms with Crippen LogP contribution in [-0.4, -0.2) is 93.0 Å². The normalized spacial score (nSPS) is 23.3. The first-order valence-corrected chi connectivity index (χ1v) is 16.8. The quantitative estimate of drug-likeness (QED) is 0.349. The Morgan fingerprint density at radius 1 is 1.17 bits per heavy atom. The van der Waals surface area contributed by atoms with Crippen LogP contribution in [-0.2, 0) is 31.1 Å². The lowest BCUT2D eigenvalue weighted by Gasteiger charge is -2.38. The Kier molecular flexibility index (Phi) is 7.57. The number of nitrogens with zero attached hydrogens (tertiary/aromatic N) is 2. The largest absolute Gasteiger partial charge is 0.491 e. The fourth-order valence-electron chi connectivity index (χ4n) is 5.68. The number of sulfone groups is 1. The predicted molar refractivity (Wildman–Crippen MR) is 147 cm³/mol. The van der Waals surface area contributed by atoms with Gasteiger partial charge in [-0.25, -0.2) is 16.8 Å². The number of hydrogen-bond donors (Lipinski definition) is 3. The SMILES string of the molecule is O=C1NCc2ncc(S(=O)(=O)N3CCC4(CC3)CC(NCC(O)COc3cccc(S(=O)(=O)C5CC5)c3)CO4)cc21. The summed E-state index contributed by atoms with van der Waals surface area (Å²) in [5.41, 5.74) is 0.416. The van der Waals surface area contributed by atoms with Crippen molar-refractivity contribution in [3.8, 4) is 5.75 Å². The molecule has 2 unspecified atom stereocenters. The molecule has 3 N–H and O–H groups in total. The van der Waals surface area contributed by atoms with E-state index in [0.29, 0.717) is 75.4 Å². The Hall–Kier alpha value is -2.62. The van der Waals surface area contributed by atoms with Gasteiger partial charge in [0.15, 0.2) is 9.84 Å². The number of fused-ring (bicyclic) bond motifs is 1. The van der Waals surface area contributed by atoms with Gasteiger partial charge in [0, 0.05) is 31.9 Å². The third-order valence-electron chi connectivity index (χ3n) is 8.27. The molecule has 0 radical (unpaired) electrons. The van der Waals surface area contributed by atoms with E-state index in [9.17, 15) is 26.7 Å². The van der Waals surface area contributed by atoms with Gasteiger partial charge in [0.05, 0.1) is 40.2 Å². The monoisotopic (exact) mass is 606 g/mol. The van der Waals surface area contributed by atoms with Crippen LogP contribution >= 0.6 is 0 Å². The molecule has 41 heavy (non-hydrogen) atoms. The molecule has 1 spiro atoms.